The maximum atomic E-state index is 13.6. The first-order valence-electron chi connectivity index (χ1n) is 42.1. The van der Waals surface area contributed by atoms with Crippen LogP contribution >= 0.6 is 0 Å². The molecule has 0 aromatic carbocycles. The summed E-state index contributed by atoms with van der Waals surface area (Å²) in [5.41, 5.74) is 0. The average molecular weight is 1990 g/mol. The number of nitrogens with one attached hydrogen (secondary N) is 2. The zero-order valence-corrected chi connectivity index (χ0v) is 71.0. The lowest BCUT2D eigenvalue weighted by Crippen LogP contribution is -2.72. The molecule has 0 aliphatic carbocycles. The van der Waals surface area contributed by atoms with E-state index in [9.17, 15) is 208 Å². The number of carboxylic acid groups (broad SMARTS) is 3. The number of aliphatic carboxylic acids is 3. The highest BCUT2D eigenvalue weighted by molar-refractivity contribution is 5.78. The molecule has 62 nitrogen and oxygen atoms in total. The van der Waals surface area contributed by atoms with E-state index in [0.717, 1.165) is 13.8 Å². The fourth-order valence-electron chi connectivity index (χ4n) is 17.3. The summed E-state index contributed by atoms with van der Waals surface area (Å²) in [6, 6.07) is -3.90. The van der Waals surface area contributed by atoms with Crippen molar-refractivity contribution in [2.75, 3.05) is 66.1 Å². The van der Waals surface area contributed by atoms with Crippen LogP contribution in [0.3, 0.4) is 0 Å². The second-order valence-electron chi connectivity index (χ2n) is 33.8. The Morgan fingerprint density at radius 3 is 1.19 bits per heavy atom. The Labute approximate surface area is 759 Å². The minimum absolute atomic E-state index is 0.837. The number of aliphatic hydroxyl groups excluding tert-OH is 32. The Hall–Kier alpha value is -4.73. The number of hydrogen-bond donors (Lipinski definition) is 38. The minimum atomic E-state index is -3.77. The van der Waals surface area contributed by atoms with Gasteiger partial charge in [-0.05, 0) is 0 Å². The molecule has 10 saturated heterocycles. The highest BCUT2D eigenvalue weighted by Gasteiger charge is 2.67. The Kier molecular flexibility index (Phi) is 39.2. The smallest absolute Gasteiger partial charge is 0.364 e. The van der Waals surface area contributed by atoms with Crippen LogP contribution in [-0.2, 0) is 114 Å². The monoisotopic (exact) mass is 1980 g/mol. The van der Waals surface area contributed by atoms with Crippen LogP contribution in [-0.4, -0.2) is 603 Å². The second-order valence-corrected chi connectivity index (χ2v) is 33.8. The maximum Gasteiger partial charge on any atom is 0.364 e. The summed E-state index contributed by atoms with van der Waals surface area (Å²) >= 11 is 0. The van der Waals surface area contributed by atoms with Gasteiger partial charge in [-0.3, -0.25) is 9.59 Å². The van der Waals surface area contributed by atoms with E-state index in [0.29, 0.717) is 0 Å². The van der Waals surface area contributed by atoms with Crippen LogP contribution in [0.25, 0.3) is 0 Å². The lowest BCUT2D eigenvalue weighted by Gasteiger charge is -2.53. The van der Waals surface area contributed by atoms with Crippen molar-refractivity contribution in [1.82, 2.24) is 10.6 Å². The van der Waals surface area contributed by atoms with Crippen LogP contribution in [0, 0.1) is 0 Å². The summed E-state index contributed by atoms with van der Waals surface area (Å²) in [6.07, 6.45) is -124. The molecule has 10 aliphatic heterocycles. The Balaban J connectivity index is 1.03. The molecular formula is C73H120N2O60. The molecule has 0 unspecified atom stereocenters. The molecule has 0 radical (unpaired) electrons. The number of amides is 2. The van der Waals surface area contributed by atoms with Crippen molar-refractivity contribution in [3.8, 4) is 0 Å². The summed E-state index contributed by atoms with van der Waals surface area (Å²) in [6.45, 7) is -12.1. The van der Waals surface area contributed by atoms with E-state index in [1.165, 1.54) is 0 Å². The Bertz CT molecular complexity index is 3770. The van der Waals surface area contributed by atoms with Gasteiger partial charge in [-0.25, -0.2) is 14.4 Å². The van der Waals surface area contributed by atoms with E-state index in [2.05, 4.69) is 10.6 Å². The topological polar surface area (TPSA) is 1010 Å². The number of carbonyl (C=O) groups excluding carboxylic acids is 2. The van der Waals surface area contributed by atoms with Gasteiger partial charge >= 0.3 is 17.9 Å². The molecule has 10 rings (SSSR count). The minimum Gasteiger partial charge on any atom is -0.477 e. The van der Waals surface area contributed by atoms with Crippen LogP contribution in [0.2, 0.25) is 0 Å². The zero-order chi connectivity index (χ0) is 100. The van der Waals surface area contributed by atoms with E-state index in [4.69, 9.17) is 90.0 Å². The van der Waals surface area contributed by atoms with Gasteiger partial charge < -0.3 is 284 Å². The Morgan fingerprint density at radius 1 is 0.311 bits per heavy atom. The van der Waals surface area contributed by atoms with Gasteiger partial charge in [-0.2, -0.15) is 0 Å². The van der Waals surface area contributed by atoms with Crippen molar-refractivity contribution >= 4 is 29.7 Å². The highest BCUT2D eigenvalue weighted by Crippen LogP contribution is 2.47. The molecule has 2 amide bonds. The molecule has 782 valence electrons. The SMILES string of the molecule is CC(=O)N[C@H]1[C@@H](O[C@@H]2[C@@H](O[C@@H]3[C@H](O)[C@@H](O[C@H]4[C@@H]([C@H](O)CO)O[C@@](O)(C(=O)O)C[C@H]4O[C@]4(C(=O)O)C[C@@H](O)[C@@H](O)[C@@H]([C@H](O)CO)O4)O[C@H]([C@@H](O)CO)[C@H]3O[C@@H]3O[C@H](CO)[C@@H](O[C@@H]4O[C@H](CO)[C@H](O[C@H]5O[C@H](CO)[C@H](O)[C@H](O[C@]6(C(=O)O)C[C@H](O)[C@@H](NC(C)=O)[C@H]([C@H](O)[C@H](O)CO)O6)[C@H]5O)[C@H](O)[C@H]4O)[C@H](O)[C@H]3O)O[C@H]([C@@H](O)CO)[C@@H](O)[C@@H]2O[C@H]2O[C@H](CO)[C@@H](O)[C@H](O)[C@H]2O)O[C@H](CO)[C@@H](O)[C@@H]1O. The largest absolute Gasteiger partial charge is 0.477 e. The third-order valence-corrected chi connectivity index (χ3v) is 24.5. The van der Waals surface area contributed by atoms with Crippen LogP contribution in [0.4, 0.5) is 0 Å². The predicted molar refractivity (Wildman–Crippen MR) is 404 cm³/mol. The van der Waals surface area contributed by atoms with E-state index in [1.807, 2.05) is 0 Å². The fraction of sp³-hybridized carbons (Fsp3) is 0.932. The van der Waals surface area contributed by atoms with Gasteiger partial charge in [0.2, 0.25) is 11.8 Å². The third kappa shape index (κ3) is 23.7. The van der Waals surface area contributed by atoms with Crippen LogP contribution in [0.5, 0.6) is 0 Å². The summed E-state index contributed by atoms with van der Waals surface area (Å²) in [5.74, 6) is -19.6. The van der Waals surface area contributed by atoms with Crippen molar-refractivity contribution < 1.29 is 298 Å². The average Bonchev–Trinajstić information content (AvgIpc) is 0.745. The van der Waals surface area contributed by atoms with Crippen LogP contribution < -0.4 is 10.6 Å². The fourth-order valence-corrected chi connectivity index (χ4v) is 17.3. The molecule has 10 heterocycles. The quantitative estimate of drug-likeness (QED) is 0.0272. The zero-order valence-electron chi connectivity index (χ0n) is 71.0. The Morgan fingerprint density at radius 2 is 0.689 bits per heavy atom. The van der Waals surface area contributed by atoms with Crippen LogP contribution in [0.15, 0.2) is 0 Å². The first-order chi connectivity index (χ1) is 63.5. The van der Waals surface area contributed by atoms with Gasteiger partial charge in [0.1, 0.15) is 238 Å². The summed E-state index contributed by atoms with van der Waals surface area (Å²) in [7, 11) is 0. The predicted octanol–water partition coefficient (Wildman–Crippen LogP) is -24.9. The highest BCUT2D eigenvalue weighted by atomic mass is 16.8. The normalized spacial score (nSPS) is 47.5. The lowest BCUT2D eigenvalue weighted by molar-refractivity contribution is -0.425. The number of rotatable bonds is 39. The van der Waals surface area contributed by atoms with E-state index in [-0.39, 0.29) is 0 Å². The van der Waals surface area contributed by atoms with Crippen molar-refractivity contribution in [2.45, 2.75) is 357 Å². The molecular weight excluding hydrogens is 1860 g/mol. The van der Waals surface area contributed by atoms with Gasteiger partial charge in [-0.1, -0.05) is 0 Å². The van der Waals surface area contributed by atoms with E-state index in [1.54, 1.807) is 0 Å². The van der Waals surface area contributed by atoms with Gasteiger partial charge in [0.05, 0.1) is 90.4 Å². The standard InChI is InChI=1S/C73H120N2O60/c1-16(86)74-31-18(88)3-73(70(114)115,134-55(31)34(96)20(90)6-76)135-56-37(99)28(13-83)119-65(46(56)108)125-53-30(15-85)120-63(43(105)40(53)102)124-52-29(14-84)121-64(44(106)41(52)103)129-59-50(23(93)9-79)123-66(126-54-25(5-71(116,68(110)111)132-51(54)24(94)10-80)131-72(69(112)113)4-19(89)33(95)49(133-72)22(92)8-78)47(109)58(59)128-67-60(130-61-32(75-17(2)87)38(100)35(97)26(11-81)117-61)57(45(107)48(122-67)21(91)7-77)127-62-42(104)39(101)36(98)27(12-82)118-62/h18-67,76-85,88-109,116H,3-15H2,1-2H3,(H,74,86)(H,75,87)(H,110,111)(H,112,113)(H,114,115)/t18-,19+,20+,21-,22+,23-,24+,25+,26+,27+,28+,29+,30+,31+,32+,33+,34+,35+,36+,37-,38+,39-,40+,41+,42+,43+,44+,45+,46+,47-,48+,49+,50+,51+,52+,53-,54+,55+,56-,57-,58+,59+,60-,61+,62+,63-,64-,65+,66+,67+,71+,72+,73-/m0/s1. The molecule has 135 heavy (non-hydrogen) atoms. The molecule has 0 spiro atoms. The van der Waals surface area contributed by atoms with Gasteiger partial charge in [-0.15, -0.1) is 0 Å². The molecule has 0 saturated carbocycles. The summed E-state index contributed by atoms with van der Waals surface area (Å²) in [5, 5.41) is 407. The molecule has 10 fully saturated rings. The van der Waals surface area contributed by atoms with Crippen molar-refractivity contribution in [1.29, 1.82) is 0 Å². The molecule has 53 atom stereocenters. The van der Waals surface area contributed by atoms with E-state index < -0.39 is 439 Å². The number of carbonyl (C=O) groups is 5. The summed E-state index contributed by atoms with van der Waals surface area (Å²) < 4.78 is 112. The van der Waals surface area contributed by atoms with Gasteiger partial charge in [0.25, 0.3) is 17.4 Å². The second kappa shape index (κ2) is 47.2. The summed E-state index contributed by atoms with van der Waals surface area (Å²) in [4.78, 5) is 65.0. The first-order valence-corrected chi connectivity index (χ1v) is 42.1. The molecule has 0 bridgehead atoms. The maximum absolute atomic E-state index is 13.6. The van der Waals surface area contributed by atoms with Crippen LogP contribution in [0.1, 0.15) is 33.1 Å². The van der Waals surface area contributed by atoms with Gasteiger partial charge in [0.15, 0.2) is 44.0 Å². The number of hydrogen-bond acceptors (Lipinski definition) is 57. The number of ether oxygens (including phenoxy) is 19. The molecule has 38 N–H and O–H groups in total. The third-order valence-electron chi connectivity index (χ3n) is 24.5. The molecule has 10 aliphatic rings. The van der Waals surface area contributed by atoms with Crippen molar-refractivity contribution in [3.05, 3.63) is 0 Å². The number of carboxylic acids is 3. The van der Waals surface area contributed by atoms with E-state index >= 15 is 0 Å². The molecule has 62 heteroatoms. The van der Waals surface area contributed by atoms with Crippen molar-refractivity contribution in [2.24, 2.45) is 0 Å². The number of aliphatic hydroxyl groups is 33. The molecule has 0 aromatic rings. The molecule has 0 aromatic heterocycles. The van der Waals surface area contributed by atoms with Crippen molar-refractivity contribution in [3.63, 3.8) is 0 Å². The first kappa shape index (κ1) is 112. The van der Waals surface area contributed by atoms with Gasteiger partial charge in [0, 0.05) is 33.1 Å². The lowest BCUT2D eigenvalue weighted by atomic mass is 9.88.